The molecule has 6 heteroatoms. The van der Waals surface area contributed by atoms with Gasteiger partial charge in [-0.25, -0.2) is 0 Å². The van der Waals surface area contributed by atoms with E-state index in [0.717, 1.165) is 0 Å². The van der Waals surface area contributed by atoms with E-state index in [1.165, 1.54) is 19.1 Å². The molecule has 0 amide bonds. The number of halogens is 4. The maximum absolute atomic E-state index is 12.0. The second-order valence-electron chi connectivity index (χ2n) is 2.67. The maximum Gasteiger partial charge on any atom is 0.387 e. The largest absolute Gasteiger partial charge is 0.433 e. The van der Waals surface area contributed by atoms with E-state index in [9.17, 15) is 13.6 Å². The number of hydrogen-bond donors (Lipinski definition) is 0. The van der Waals surface area contributed by atoms with Gasteiger partial charge < -0.3 is 4.74 Å². The highest BCUT2D eigenvalue weighted by atomic mass is 79.9. The average molecular weight is 299 g/mol. The summed E-state index contributed by atoms with van der Waals surface area (Å²) in [6.45, 7) is -1.68. The van der Waals surface area contributed by atoms with E-state index in [-0.39, 0.29) is 22.1 Å². The molecule has 1 aromatic carbocycles. The standard InChI is InChI=1S/C9H6BrClF2O2/c1-4(14)7-5(10)2-3-6(8(7)11)15-9(12)13/h2-3,9H,1H3. The molecule has 0 bridgehead atoms. The SMILES string of the molecule is CC(=O)c1c(Br)ccc(OC(F)F)c1Cl. The molecule has 0 heterocycles. The molecular weight excluding hydrogens is 293 g/mol. The van der Waals surface area contributed by atoms with Crippen LogP contribution in [0, 0.1) is 0 Å². The summed E-state index contributed by atoms with van der Waals surface area (Å²) in [6.07, 6.45) is 0. The lowest BCUT2D eigenvalue weighted by Crippen LogP contribution is -2.05. The van der Waals surface area contributed by atoms with Gasteiger partial charge in [0.05, 0.1) is 10.6 Å². The van der Waals surface area contributed by atoms with Gasteiger partial charge in [0, 0.05) is 4.47 Å². The minimum absolute atomic E-state index is 0.114. The monoisotopic (exact) mass is 298 g/mol. The molecule has 0 spiro atoms. The quantitative estimate of drug-likeness (QED) is 0.791. The molecule has 0 unspecified atom stereocenters. The first-order valence-electron chi connectivity index (χ1n) is 3.87. The molecule has 0 N–H and O–H groups in total. The van der Waals surface area contributed by atoms with Crippen molar-refractivity contribution in [1.29, 1.82) is 0 Å². The molecule has 1 aromatic rings. The summed E-state index contributed by atoms with van der Waals surface area (Å²) in [5.41, 5.74) is 0.134. The Labute approximate surface area is 98.3 Å². The highest BCUT2D eigenvalue weighted by Gasteiger charge is 2.17. The summed E-state index contributed by atoms with van der Waals surface area (Å²) in [5, 5.41) is -0.114. The van der Waals surface area contributed by atoms with Crippen LogP contribution in [0.1, 0.15) is 17.3 Å². The summed E-state index contributed by atoms with van der Waals surface area (Å²) in [7, 11) is 0. The van der Waals surface area contributed by atoms with E-state index in [2.05, 4.69) is 20.7 Å². The van der Waals surface area contributed by atoms with Crippen LogP contribution < -0.4 is 4.74 Å². The summed E-state index contributed by atoms with van der Waals surface area (Å²) < 4.78 is 28.5. The normalized spacial score (nSPS) is 10.5. The molecule has 82 valence electrons. The van der Waals surface area contributed by atoms with Crippen LogP contribution in [0.4, 0.5) is 8.78 Å². The van der Waals surface area contributed by atoms with Gasteiger partial charge in [-0.1, -0.05) is 11.6 Å². The first-order chi connectivity index (χ1) is 6.93. The zero-order chi connectivity index (χ0) is 11.6. The van der Waals surface area contributed by atoms with E-state index in [1.807, 2.05) is 0 Å². The van der Waals surface area contributed by atoms with Gasteiger partial charge in [0.25, 0.3) is 0 Å². The molecule has 15 heavy (non-hydrogen) atoms. The Morgan fingerprint density at radius 3 is 2.60 bits per heavy atom. The number of alkyl halides is 2. The molecule has 0 atom stereocenters. The Morgan fingerprint density at radius 1 is 1.53 bits per heavy atom. The maximum atomic E-state index is 12.0. The van der Waals surface area contributed by atoms with Crippen LogP contribution in [0.15, 0.2) is 16.6 Å². The molecule has 0 radical (unpaired) electrons. The van der Waals surface area contributed by atoms with Crippen molar-refractivity contribution in [2.24, 2.45) is 0 Å². The van der Waals surface area contributed by atoms with E-state index >= 15 is 0 Å². The number of hydrogen-bond acceptors (Lipinski definition) is 2. The van der Waals surface area contributed by atoms with E-state index in [0.29, 0.717) is 4.47 Å². The van der Waals surface area contributed by atoms with Crippen molar-refractivity contribution in [3.63, 3.8) is 0 Å². The van der Waals surface area contributed by atoms with Crippen molar-refractivity contribution in [3.05, 3.63) is 27.2 Å². The lowest BCUT2D eigenvalue weighted by Gasteiger charge is -2.10. The average Bonchev–Trinajstić information content (AvgIpc) is 2.09. The van der Waals surface area contributed by atoms with Crippen molar-refractivity contribution in [1.82, 2.24) is 0 Å². The Balaban J connectivity index is 3.22. The molecule has 2 nitrogen and oxygen atoms in total. The number of ketones is 1. The van der Waals surface area contributed by atoms with Crippen molar-refractivity contribution in [2.75, 3.05) is 0 Å². The second kappa shape index (κ2) is 4.90. The Bertz CT molecular complexity index is 396. The topological polar surface area (TPSA) is 26.3 Å². The van der Waals surface area contributed by atoms with Crippen LogP contribution in [-0.4, -0.2) is 12.4 Å². The van der Waals surface area contributed by atoms with Crippen LogP contribution in [0.2, 0.25) is 5.02 Å². The fraction of sp³-hybridized carbons (Fsp3) is 0.222. The third-order valence-corrected chi connectivity index (χ3v) is 2.66. The molecule has 0 saturated carbocycles. The second-order valence-corrected chi connectivity index (χ2v) is 3.90. The van der Waals surface area contributed by atoms with Gasteiger partial charge in [-0.2, -0.15) is 8.78 Å². The van der Waals surface area contributed by atoms with Crippen LogP contribution >= 0.6 is 27.5 Å². The first kappa shape index (κ1) is 12.4. The Hall–Kier alpha value is -0.680. The number of Topliss-reactive ketones (excluding diaryl/α,β-unsaturated/α-hetero) is 1. The van der Waals surface area contributed by atoms with Gasteiger partial charge in [-0.3, -0.25) is 4.79 Å². The van der Waals surface area contributed by atoms with E-state index in [4.69, 9.17) is 11.6 Å². The number of rotatable bonds is 3. The zero-order valence-corrected chi connectivity index (χ0v) is 9.90. The fourth-order valence-electron chi connectivity index (χ4n) is 1.04. The molecule has 1 rings (SSSR count). The number of ether oxygens (including phenoxy) is 1. The highest BCUT2D eigenvalue weighted by molar-refractivity contribution is 9.10. The predicted octanol–water partition coefficient (Wildman–Crippen LogP) is 3.91. The van der Waals surface area contributed by atoms with Crippen LogP contribution in [-0.2, 0) is 0 Å². The smallest absolute Gasteiger partial charge is 0.387 e. The van der Waals surface area contributed by atoms with E-state index < -0.39 is 6.61 Å². The van der Waals surface area contributed by atoms with Gasteiger partial charge in [0.2, 0.25) is 0 Å². The number of carbonyl (C=O) groups excluding carboxylic acids is 1. The molecule has 0 aliphatic carbocycles. The van der Waals surface area contributed by atoms with Crippen LogP contribution in [0.5, 0.6) is 5.75 Å². The summed E-state index contributed by atoms with van der Waals surface area (Å²) >= 11 is 8.84. The Kier molecular flexibility index (Phi) is 4.04. The van der Waals surface area contributed by atoms with Crippen molar-refractivity contribution < 1.29 is 18.3 Å². The number of benzene rings is 1. The molecule has 0 aliphatic rings. The third-order valence-electron chi connectivity index (χ3n) is 1.62. The number of carbonyl (C=O) groups is 1. The van der Waals surface area contributed by atoms with Gasteiger partial charge in [-0.15, -0.1) is 0 Å². The molecule has 0 aliphatic heterocycles. The van der Waals surface area contributed by atoms with Gasteiger partial charge >= 0.3 is 6.61 Å². The summed E-state index contributed by atoms with van der Waals surface area (Å²) in [4.78, 5) is 11.2. The van der Waals surface area contributed by atoms with Gasteiger partial charge in [-0.05, 0) is 35.0 Å². The molecule has 0 aromatic heterocycles. The minimum Gasteiger partial charge on any atom is -0.433 e. The summed E-state index contributed by atoms with van der Waals surface area (Å²) in [6, 6.07) is 2.70. The van der Waals surface area contributed by atoms with Crippen LogP contribution in [0.25, 0.3) is 0 Å². The van der Waals surface area contributed by atoms with Crippen molar-refractivity contribution >= 4 is 33.3 Å². The molecular formula is C9H6BrClF2O2. The molecule has 0 saturated heterocycles. The lowest BCUT2D eigenvalue weighted by atomic mass is 10.1. The van der Waals surface area contributed by atoms with E-state index in [1.54, 1.807) is 0 Å². The van der Waals surface area contributed by atoms with Crippen molar-refractivity contribution in [3.8, 4) is 5.75 Å². The van der Waals surface area contributed by atoms with Crippen molar-refractivity contribution in [2.45, 2.75) is 13.5 Å². The predicted molar refractivity (Wildman–Crippen MR) is 55.8 cm³/mol. The third kappa shape index (κ3) is 2.89. The highest BCUT2D eigenvalue weighted by Crippen LogP contribution is 2.34. The van der Waals surface area contributed by atoms with Crippen LogP contribution in [0.3, 0.4) is 0 Å². The minimum atomic E-state index is -2.97. The van der Waals surface area contributed by atoms with Gasteiger partial charge in [0.1, 0.15) is 5.75 Å². The zero-order valence-electron chi connectivity index (χ0n) is 7.56. The lowest BCUT2D eigenvalue weighted by molar-refractivity contribution is -0.0498. The van der Waals surface area contributed by atoms with Gasteiger partial charge in [0.15, 0.2) is 5.78 Å². The fourth-order valence-corrected chi connectivity index (χ4v) is 2.11. The molecule has 0 fully saturated rings. The Morgan fingerprint density at radius 2 is 2.13 bits per heavy atom. The first-order valence-corrected chi connectivity index (χ1v) is 5.04. The summed E-state index contributed by atoms with van der Waals surface area (Å²) in [5.74, 6) is -0.536.